The standard InChI is InChI=1S/C29H37NO8/c1-3-5-6-10-24(31)36-17-23-26(32)27(33)29(35,28(34)37-23)38-22-9-7-8-21-25(22)20(16-30-21)15-19-13-11-18(4-2)12-14-19/h7-9,11-14,16,23,26-28,30,32-35H,3-6,10,15,17H2,1-2H3/t23-,26-,27+,28+,29+/m1/s1. The van der Waals surface area contributed by atoms with Crippen LogP contribution in [-0.2, 0) is 27.1 Å². The molecule has 9 nitrogen and oxygen atoms in total. The van der Waals surface area contributed by atoms with Crippen molar-refractivity contribution < 1.29 is 39.4 Å². The van der Waals surface area contributed by atoms with Crippen LogP contribution in [0.5, 0.6) is 5.75 Å². The summed E-state index contributed by atoms with van der Waals surface area (Å²) in [6.07, 6.45) is -0.781. The first-order valence-electron chi connectivity index (χ1n) is 13.2. The van der Waals surface area contributed by atoms with Gasteiger partial charge in [0.25, 0.3) is 5.79 Å². The van der Waals surface area contributed by atoms with Crippen molar-refractivity contribution in [3.63, 3.8) is 0 Å². The molecule has 38 heavy (non-hydrogen) atoms. The van der Waals surface area contributed by atoms with Gasteiger partial charge in [-0.2, -0.15) is 0 Å². The number of carbonyl (C=O) groups excluding carboxylic acids is 1. The van der Waals surface area contributed by atoms with E-state index in [4.69, 9.17) is 14.2 Å². The van der Waals surface area contributed by atoms with E-state index in [1.54, 1.807) is 12.1 Å². The largest absolute Gasteiger partial charge is 0.463 e. The maximum absolute atomic E-state index is 11.9. The molecular weight excluding hydrogens is 490 g/mol. The Morgan fingerprint density at radius 2 is 1.79 bits per heavy atom. The summed E-state index contributed by atoms with van der Waals surface area (Å²) in [5.41, 5.74) is 3.94. The SMILES string of the molecule is CCCCCC(=O)OC[C@H]1O[C@H](O)[C@@](O)(Oc2cccc3[nH]cc(Cc4ccc(CC)cc4)c23)[C@@H](O)[C@@H]1O. The first-order chi connectivity index (χ1) is 18.3. The van der Waals surface area contributed by atoms with Gasteiger partial charge < -0.3 is 39.6 Å². The molecule has 0 bridgehead atoms. The summed E-state index contributed by atoms with van der Waals surface area (Å²) in [4.78, 5) is 15.1. The Bertz CT molecular complexity index is 1210. The molecule has 1 fully saturated rings. The van der Waals surface area contributed by atoms with Gasteiger partial charge in [-0.25, -0.2) is 0 Å². The maximum atomic E-state index is 11.9. The van der Waals surface area contributed by atoms with Crippen LogP contribution in [0.2, 0.25) is 0 Å². The topological polar surface area (TPSA) is 141 Å². The number of ether oxygens (including phenoxy) is 3. The molecule has 2 aromatic carbocycles. The van der Waals surface area contributed by atoms with Crippen LogP contribution in [0.1, 0.15) is 56.2 Å². The summed E-state index contributed by atoms with van der Waals surface area (Å²) in [6.45, 7) is 3.73. The smallest absolute Gasteiger partial charge is 0.305 e. The maximum Gasteiger partial charge on any atom is 0.305 e. The van der Waals surface area contributed by atoms with Crippen molar-refractivity contribution >= 4 is 16.9 Å². The number of aryl methyl sites for hydroxylation is 1. The van der Waals surface area contributed by atoms with Crippen molar-refractivity contribution in [1.82, 2.24) is 4.98 Å². The van der Waals surface area contributed by atoms with Crippen LogP contribution in [0, 0.1) is 0 Å². The molecule has 0 aliphatic carbocycles. The molecule has 0 radical (unpaired) electrons. The van der Waals surface area contributed by atoms with Crippen LogP contribution in [0.3, 0.4) is 0 Å². The van der Waals surface area contributed by atoms with Gasteiger partial charge >= 0.3 is 5.97 Å². The molecule has 3 aromatic rings. The van der Waals surface area contributed by atoms with Gasteiger partial charge in [-0.3, -0.25) is 4.79 Å². The number of carbonyl (C=O) groups is 1. The first-order valence-corrected chi connectivity index (χ1v) is 13.2. The third kappa shape index (κ3) is 6.03. The van der Waals surface area contributed by atoms with E-state index in [0.717, 1.165) is 35.9 Å². The van der Waals surface area contributed by atoms with Gasteiger partial charge in [0, 0.05) is 23.5 Å². The number of hydrogen-bond donors (Lipinski definition) is 5. The van der Waals surface area contributed by atoms with E-state index in [1.807, 2.05) is 19.2 Å². The van der Waals surface area contributed by atoms with Crippen LogP contribution in [0.25, 0.3) is 10.9 Å². The molecule has 0 amide bonds. The zero-order chi connectivity index (χ0) is 27.3. The number of fused-ring (bicyclic) bond motifs is 1. The van der Waals surface area contributed by atoms with Crippen molar-refractivity contribution in [3.05, 3.63) is 65.4 Å². The second-order valence-corrected chi connectivity index (χ2v) is 9.80. The van der Waals surface area contributed by atoms with E-state index in [-0.39, 0.29) is 18.8 Å². The summed E-state index contributed by atoms with van der Waals surface area (Å²) in [5.74, 6) is -2.94. The van der Waals surface area contributed by atoms with Crippen LogP contribution in [0.4, 0.5) is 0 Å². The number of aromatic amines is 1. The van der Waals surface area contributed by atoms with Crippen LogP contribution in [0.15, 0.2) is 48.7 Å². The number of hydrogen-bond acceptors (Lipinski definition) is 8. The fourth-order valence-corrected chi connectivity index (χ4v) is 4.69. The monoisotopic (exact) mass is 527 g/mol. The highest BCUT2D eigenvalue weighted by molar-refractivity contribution is 5.89. The minimum Gasteiger partial charge on any atom is -0.463 e. The molecule has 206 valence electrons. The molecule has 1 aliphatic rings. The number of benzene rings is 2. The molecule has 1 aliphatic heterocycles. The van der Waals surface area contributed by atoms with E-state index < -0.39 is 36.4 Å². The minimum absolute atomic E-state index is 0.195. The Labute approximate surface area is 222 Å². The van der Waals surface area contributed by atoms with Crippen LogP contribution < -0.4 is 4.74 Å². The number of H-pyrrole nitrogens is 1. The van der Waals surface area contributed by atoms with E-state index >= 15 is 0 Å². The second-order valence-electron chi connectivity index (χ2n) is 9.80. The first kappa shape index (κ1) is 28.1. The molecule has 5 atom stereocenters. The fraction of sp³-hybridized carbons (Fsp3) is 0.483. The van der Waals surface area contributed by atoms with E-state index in [2.05, 4.69) is 36.2 Å². The van der Waals surface area contributed by atoms with Crippen molar-refractivity contribution in [2.45, 2.75) is 82.8 Å². The Kier molecular flexibility index (Phi) is 9.07. The van der Waals surface area contributed by atoms with Crippen molar-refractivity contribution in [3.8, 4) is 5.75 Å². The quantitative estimate of drug-likeness (QED) is 0.146. The third-order valence-electron chi connectivity index (χ3n) is 7.03. The predicted molar refractivity (Wildman–Crippen MR) is 140 cm³/mol. The number of aromatic nitrogens is 1. The van der Waals surface area contributed by atoms with Gasteiger partial charge in [-0.15, -0.1) is 0 Å². The predicted octanol–water partition coefficient (Wildman–Crippen LogP) is 2.95. The molecule has 5 N–H and O–H groups in total. The second kappa shape index (κ2) is 12.3. The minimum atomic E-state index is -2.67. The molecule has 0 spiro atoms. The highest BCUT2D eigenvalue weighted by Gasteiger charge is 2.57. The number of nitrogens with one attached hydrogen (secondary N) is 1. The van der Waals surface area contributed by atoms with Crippen molar-refractivity contribution in [1.29, 1.82) is 0 Å². The highest BCUT2D eigenvalue weighted by Crippen LogP contribution is 2.37. The van der Waals surface area contributed by atoms with Gasteiger partial charge in [0.15, 0.2) is 6.10 Å². The lowest BCUT2D eigenvalue weighted by Gasteiger charge is -2.45. The summed E-state index contributed by atoms with van der Waals surface area (Å²) in [7, 11) is 0. The normalized spacial score (nSPS) is 25.4. The Hall–Kier alpha value is -2.95. The molecule has 0 unspecified atom stereocenters. The number of esters is 1. The van der Waals surface area contributed by atoms with Crippen LogP contribution >= 0.6 is 0 Å². The molecule has 4 rings (SSSR count). The molecule has 0 saturated carbocycles. The molecular formula is C29H37NO8. The molecule has 2 heterocycles. The van der Waals surface area contributed by atoms with Gasteiger partial charge in [0.2, 0.25) is 6.29 Å². The van der Waals surface area contributed by atoms with Crippen molar-refractivity contribution in [2.75, 3.05) is 6.61 Å². The van der Waals surface area contributed by atoms with Crippen LogP contribution in [-0.4, -0.2) is 68.4 Å². The van der Waals surface area contributed by atoms with Gasteiger partial charge in [0.1, 0.15) is 24.6 Å². The number of unbranched alkanes of at least 4 members (excludes halogenated alkanes) is 2. The van der Waals surface area contributed by atoms with E-state index in [9.17, 15) is 25.2 Å². The van der Waals surface area contributed by atoms with Gasteiger partial charge in [-0.1, -0.05) is 57.0 Å². The lowest BCUT2D eigenvalue weighted by molar-refractivity contribution is -0.385. The zero-order valence-electron chi connectivity index (χ0n) is 21.8. The number of rotatable bonds is 11. The van der Waals surface area contributed by atoms with Gasteiger partial charge in [0.05, 0.1) is 0 Å². The van der Waals surface area contributed by atoms with Crippen molar-refractivity contribution in [2.24, 2.45) is 0 Å². The Morgan fingerprint density at radius 1 is 1.05 bits per heavy atom. The summed E-state index contributed by atoms with van der Waals surface area (Å²) >= 11 is 0. The summed E-state index contributed by atoms with van der Waals surface area (Å²) in [6, 6.07) is 13.4. The zero-order valence-corrected chi connectivity index (χ0v) is 21.8. The Balaban J connectivity index is 1.50. The Morgan fingerprint density at radius 3 is 2.50 bits per heavy atom. The van der Waals surface area contributed by atoms with E-state index in [0.29, 0.717) is 18.2 Å². The lowest BCUT2D eigenvalue weighted by Crippen LogP contribution is -2.69. The highest BCUT2D eigenvalue weighted by atomic mass is 16.7. The number of aliphatic hydroxyl groups is 4. The summed E-state index contributed by atoms with van der Waals surface area (Å²) < 4.78 is 16.3. The lowest BCUT2D eigenvalue weighted by atomic mass is 9.95. The average molecular weight is 528 g/mol. The molecule has 1 saturated heterocycles. The third-order valence-corrected chi connectivity index (χ3v) is 7.03. The molecule has 1 aromatic heterocycles. The average Bonchev–Trinajstić information content (AvgIpc) is 3.33. The van der Waals surface area contributed by atoms with E-state index in [1.165, 1.54) is 5.56 Å². The fourth-order valence-electron chi connectivity index (χ4n) is 4.69. The molecule has 9 heteroatoms. The van der Waals surface area contributed by atoms with Gasteiger partial charge in [-0.05, 0) is 48.1 Å². The summed E-state index contributed by atoms with van der Waals surface area (Å²) in [5, 5.41) is 43.9. The number of aliphatic hydroxyl groups excluding tert-OH is 3.